The van der Waals surface area contributed by atoms with E-state index in [2.05, 4.69) is 10.3 Å². The molecular weight excluding hydrogens is 378 g/mol. The largest absolute Gasteiger partial charge is 0.497 e. The summed E-state index contributed by atoms with van der Waals surface area (Å²) in [5.74, 6) is 0.298. The van der Waals surface area contributed by atoms with Crippen molar-refractivity contribution in [3.05, 3.63) is 65.9 Å². The van der Waals surface area contributed by atoms with Gasteiger partial charge < -0.3 is 19.9 Å². The van der Waals surface area contributed by atoms with Crippen LogP contribution in [-0.4, -0.2) is 44.4 Å². The van der Waals surface area contributed by atoms with Gasteiger partial charge in [0, 0.05) is 43.4 Å². The highest BCUT2D eigenvalue weighted by Gasteiger charge is 2.08. The lowest BCUT2D eigenvalue weighted by atomic mass is 10.1. The van der Waals surface area contributed by atoms with E-state index in [0.29, 0.717) is 13.0 Å². The zero-order valence-corrected chi connectivity index (χ0v) is 17.6. The van der Waals surface area contributed by atoms with Gasteiger partial charge in [-0.15, -0.1) is 0 Å². The van der Waals surface area contributed by atoms with Crippen LogP contribution in [0, 0.1) is 0 Å². The number of ketones is 1. The molecule has 0 aliphatic carbocycles. The van der Waals surface area contributed by atoms with Crippen molar-refractivity contribution >= 4 is 34.4 Å². The molecule has 6 heteroatoms. The molecule has 2 aromatic carbocycles. The number of H-pyrrole nitrogens is 1. The molecule has 1 heterocycles. The summed E-state index contributed by atoms with van der Waals surface area (Å²) in [5, 5.41) is 3.89. The van der Waals surface area contributed by atoms with E-state index in [0.717, 1.165) is 33.5 Å². The number of aromatic amines is 1. The van der Waals surface area contributed by atoms with Crippen LogP contribution in [0.25, 0.3) is 17.0 Å². The third-order valence-electron chi connectivity index (χ3n) is 4.90. The monoisotopic (exact) mass is 405 g/mol. The van der Waals surface area contributed by atoms with E-state index in [1.807, 2.05) is 67.7 Å². The van der Waals surface area contributed by atoms with E-state index < -0.39 is 0 Å². The van der Waals surface area contributed by atoms with Gasteiger partial charge in [-0.25, -0.2) is 0 Å². The smallest absolute Gasteiger partial charge is 0.227 e. The number of nitrogens with zero attached hydrogens (tertiary/aromatic N) is 1. The normalized spacial score (nSPS) is 11.0. The molecule has 6 nitrogen and oxygen atoms in total. The molecule has 0 fully saturated rings. The van der Waals surface area contributed by atoms with Gasteiger partial charge in [-0.2, -0.15) is 0 Å². The molecule has 0 aliphatic heterocycles. The zero-order valence-electron chi connectivity index (χ0n) is 17.6. The molecule has 156 valence electrons. The van der Waals surface area contributed by atoms with Crippen LogP contribution in [0.5, 0.6) is 5.75 Å². The van der Waals surface area contributed by atoms with Gasteiger partial charge in [0.05, 0.1) is 13.5 Å². The maximum atomic E-state index is 12.1. The number of carbonyl (C=O) groups is 2. The van der Waals surface area contributed by atoms with Crippen LogP contribution in [-0.2, 0) is 16.0 Å². The fourth-order valence-electron chi connectivity index (χ4n) is 3.18. The number of nitrogens with one attached hydrogen (secondary N) is 2. The first-order valence-electron chi connectivity index (χ1n) is 9.85. The molecule has 1 amide bonds. The molecule has 0 bridgehead atoms. The van der Waals surface area contributed by atoms with Crippen LogP contribution >= 0.6 is 0 Å². The maximum Gasteiger partial charge on any atom is 0.227 e. The van der Waals surface area contributed by atoms with Crippen molar-refractivity contribution in [2.45, 2.75) is 12.8 Å². The Kier molecular flexibility index (Phi) is 6.91. The number of rotatable bonds is 9. The van der Waals surface area contributed by atoms with Gasteiger partial charge in [0.25, 0.3) is 0 Å². The Labute approximate surface area is 176 Å². The second kappa shape index (κ2) is 9.78. The molecule has 3 rings (SSSR count). The molecule has 0 saturated carbocycles. The fourth-order valence-corrected chi connectivity index (χ4v) is 3.18. The lowest BCUT2D eigenvalue weighted by Crippen LogP contribution is -2.27. The Morgan fingerprint density at radius 3 is 2.60 bits per heavy atom. The Bertz CT molecular complexity index is 1050. The van der Waals surface area contributed by atoms with Gasteiger partial charge in [-0.3, -0.25) is 9.59 Å². The quantitative estimate of drug-likeness (QED) is 0.422. The van der Waals surface area contributed by atoms with Crippen molar-refractivity contribution in [2.75, 3.05) is 32.6 Å². The van der Waals surface area contributed by atoms with Crippen LogP contribution in [0.2, 0.25) is 0 Å². The molecule has 2 N–H and O–H groups in total. The first-order valence-corrected chi connectivity index (χ1v) is 9.85. The molecule has 1 aromatic heterocycles. The molecular formula is C24H27N3O3. The van der Waals surface area contributed by atoms with Gasteiger partial charge in [-0.05, 0) is 54.0 Å². The number of fused-ring (bicyclic) bond motifs is 1. The number of amides is 1. The Morgan fingerprint density at radius 1 is 1.13 bits per heavy atom. The lowest BCUT2D eigenvalue weighted by Gasteiger charge is -2.11. The van der Waals surface area contributed by atoms with E-state index in [1.165, 1.54) is 6.08 Å². The van der Waals surface area contributed by atoms with Gasteiger partial charge >= 0.3 is 0 Å². The Balaban J connectivity index is 1.47. The molecule has 0 unspecified atom stereocenters. The Hall–Kier alpha value is -3.54. The van der Waals surface area contributed by atoms with Crippen molar-refractivity contribution in [3.63, 3.8) is 0 Å². The Morgan fingerprint density at radius 2 is 1.90 bits per heavy atom. The number of methoxy groups -OCH3 is 1. The lowest BCUT2D eigenvalue weighted by molar-refractivity contribution is -0.126. The highest BCUT2D eigenvalue weighted by atomic mass is 16.5. The van der Waals surface area contributed by atoms with Crippen LogP contribution in [0.15, 0.2) is 54.7 Å². The number of ether oxygens (including phenoxy) is 1. The number of hydrogen-bond acceptors (Lipinski definition) is 4. The number of carbonyl (C=O) groups excluding carboxylic acids is 2. The van der Waals surface area contributed by atoms with E-state index in [4.69, 9.17) is 4.74 Å². The van der Waals surface area contributed by atoms with Crippen LogP contribution in [0.1, 0.15) is 17.5 Å². The number of benzene rings is 2. The highest BCUT2D eigenvalue weighted by Crippen LogP contribution is 2.23. The molecule has 0 radical (unpaired) electrons. The number of allylic oxidation sites excluding steroid dienone is 1. The van der Waals surface area contributed by atoms with Crippen molar-refractivity contribution in [1.82, 2.24) is 10.3 Å². The van der Waals surface area contributed by atoms with Gasteiger partial charge in [-0.1, -0.05) is 18.2 Å². The summed E-state index contributed by atoms with van der Waals surface area (Å²) in [7, 11) is 5.59. The standard InChI is InChI=1S/C24H27N3O3/c1-27(2)19-7-4-17(5-8-19)6-9-20(28)14-24(29)25-13-12-18-16-26-23-11-10-21(30-3)15-22(18)23/h4-11,15-16,26H,12-14H2,1-3H3,(H,25,29)/b9-6+. The number of anilines is 1. The van der Waals surface area contributed by atoms with Crippen LogP contribution in [0.3, 0.4) is 0 Å². The maximum absolute atomic E-state index is 12.1. The molecule has 3 aromatic rings. The topological polar surface area (TPSA) is 74.4 Å². The summed E-state index contributed by atoms with van der Waals surface area (Å²) in [4.78, 5) is 29.4. The predicted molar refractivity (Wildman–Crippen MR) is 121 cm³/mol. The van der Waals surface area contributed by atoms with E-state index >= 15 is 0 Å². The van der Waals surface area contributed by atoms with E-state index in [1.54, 1.807) is 13.2 Å². The molecule has 0 saturated heterocycles. The zero-order chi connectivity index (χ0) is 21.5. The third-order valence-corrected chi connectivity index (χ3v) is 4.90. The summed E-state index contributed by atoms with van der Waals surface area (Å²) in [5.41, 5.74) is 4.13. The van der Waals surface area contributed by atoms with E-state index in [-0.39, 0.29) is 18.1 Å². The van der Waals surface area contributed by atoms with E-state index in [9.17, 15) is 9.59 Å². The van der Waals surface area contributed by atoms with Crippen LogP contribution < -0.4 is 15.0 Å². The number of hydrogen-bond donors (Lipinski definition) is 2. The predicted octanol–water partition coefficient (Wildman–Crippen LogP) is 3.57. The minimum atomic E-state index is -0.273. The van der Waals surface area contributed by atoms with Crippen molar-refractivity contribution in [1.29, 1.82) is 0 Å². The highest BCUT2D eigenvalue weighted by molar-refractivity contribution is 6.05. The first kappa shape index (κ1) is 21.2. The fraction of sp³-hybridized carbons (Fsp3) is 0.250. The SMILES string of the molecule is COc1ccc2[nH]cc(CCNC(=O)CC(=O)/C=C/c3ccc(N(C)C)cc3)c2c1. The van der Waals surface area contributed by atoms with Gasteiger partial charge in [0.2, 0.25) is 5.91 Å². The molecule has 0 spiro atoms. The average Bonchev–Trinajstić information content (AvgIpc) is 3.14. The van der Waals surface area contributed by atoms with Crippen molar-refractivity contribution in [2.24, 2.45) is 0 Å². The average molecular weight is 405 g/mol. The second-order valence-corrected chi connectivity index (χ2v) is 7.29. The minimum Gasteiger partial charge on any atom is -0.497 e. The van der Waals surface area contributed by atoms with Crippen molar-refractivity contribution in [3.8, 4) is 5.75 Å². The van der Waals surface area contributed by atoms with Gasteiger partial charge in [0.15, 0.2) is 5.78 Å². The summed E-state index contributed by atoms with van der Waals surface area (Å²) in [6.07, 6.45) is 5.63. The number of aromatic nitrogens is 1. The molecule has 0 aliphatic rings. The summed E-state index contributed by atoms with van der Waals surface area (Å²) in [6, 6.07) is 13.7. The first-order chi connectivity index (χ1) is 14.5. The minimum absolute atomic E-state index is 0.159. The molecule has 0 atom stereocenters. The summed E-state index contributed by atoms with van der Waals surface area (Å²) < 4.78 is 5.27. The molecule has 30 heavy (non-hydrogen) atoms. The summed E-state index contributed by atoms with van der Waals surface area (Å²) in [6.45, 7) is 0.464. The summed E-state index contributed by atoms with van der Waals surface area (Å²) >= 11 is 0. The second-order valence-electron chi connectivity index (χ2n) is 7.29. The van der Waals surface area contributed by atoms with Crippen LogP contribution in [0.4, 0.5) is 5.69 Å². The third kappa shape index (κ3) is 5.50. The van der Waals surface area contributed by atoms with Gasteiger partial charge in [0.1, 0.15) is 5.75 Å². The van der Waals surface area contributed by atoms with Crippen molar-refractivity contribution < 1.29 is 14.3 Å².